The zero-order valence-electron chi connectivity index (χ0n) is 12.5. The second-order valence-corrected chi connectivity index (χ2v) is 5.59. The Labute approximate surface area is 133 Å². The Morgan fingerprint density at radius 2 is 2.14 bits per heavy atom. The van der Waals surface area contributed by atoms with E-state index >= 15 is 0 Å². The number of allylic oxidation sites excluding steroid dienone is 1. The first-order chi connectivity index (χ1) is 10.4. The standard InChI is InChI=1S/C14H19ClN4O3/c1-3-22-14(21)18-12(17-13(20)8-4-5-8)9-7-19(2)11(15)6-10(9)16/h6,8,16H,3-5,7H2,1-2H3,(H,17,20)(H,18,21)/b12-9-,16-10?. The largest absolute Gasteiger partial charge is 0.450 e. The molecule has 8 heteroatoms. The molecule has 2 aliphatic rings. The van der Waals surface area contributed by atoms with E-state index in [4.69, 9.17) is 21.7 Å². The Hall–Kier alpha value is -2.02. The third-order valence-electron chi connectivity index (χ3n) is 3.35. The highest BCUT2D eigenvalue weighted by Gasteiger charge is 2.31. The molecule has 0 aromatic carbocycles. The quantitative estimate of drug-likeness (QED) is 0.683. The van der Waals surface area contributed by atoms with E-state index in [0.717, 1.165) is 12.8 Å². The van der Waals surface area contributed by atoms with Gasteiger partial charge in [0.15, 0.2) is 0 Å². The molecular weight excluding hydrogens is 308 g/mol. The van der Waals surface area contributed by atoms with E-state index in [1.807, 2.05) is 0 Å². The average molecular weight is 327 g/mol. The van der Waals surface area contributed by atoms with Crippen molar-refractivity contribution in [3.8, 4) is 0 Å². The Bertz CT molecular complexity index is 566. The SMILES string of the molecule is CCOC(=O)N/C(NC(=O)C1CC1)=C1/CN(C)C(Cl)=CC1=N. The maximum Gasteiger partial charge on any atom is 0.412 e. The number of alkyl carbamates (subject to hydrolysis) is 1. The molecular formula is C14H19ClN4O3. The zero-order chi connectivity index (χ0) is 16.3. The number of nitrogens with zero attached hydrogens (tertiary/aromatic N) is 1. The molecule has 0 unspecified atom stereocenters. The predicted octanol–water partition coefficient (Wildman–Crippen LogP) is 1.52. The smallest absolute Gasteiger partial charge is 0.412 e. The Morgan fingerprint density at radius 1 is 1.45 bits per heavy atom. The molecule has 0 aromatic rings. The van der Waals surface area contributed by atoms with Crippen LogP contribution in [0.5, 0.6) is 0 Å². The molecule has 1 aliphatic heterocycles. The molecule has 3 N–H and O–H groups in total. The number of ether oxygens (including phenoxy) is 1. The van der Waals surface area contributed by atoms with Gasteiger partial charge in [0.2, 0.25) is 5.91 Å². The van der Waals surface area contributed by atoms with Gasteiger partial charge in [-0.1, -0.05) is 11.6 Å². The van der Waals surface area contributed by atoms with E-state index in [-0.39, 0.29) is 30.0 Å². The molecule has 1 fully saturated rings. The third kappa shape index (κ3) is 4.00. The lowest BCUT2D eigenvalue weighted by atomic mass is 10.1. The fraction of sp³-hybridized carbons (Fsp3) is 0.500. The maximum atomic E-state index is 12.0. The minimum Gasteiger partial charge on any atom is -0.450 e. The highest BCUT2D eigenvalue weighted by Crippen LogP contribution is 2.29. The topological polar surface area (TPSA) is 94.5 Å². The molecule has 0 aromatic heterocycles. The van der Waals surface area contributed by atoms with Gasteiger partial charge in [0.1, 0.15) is 11.0 Å². The van der Waals surface area contributed by atoms with Crippen molar-refractivity contribution in [2.75, 3.05) is 20.2 Å². The van der Waals surface area contributed by atoms with Crippen LogP contribution in [-0.4, -0.2) is 42.8 Å². The second kappa shape index (κ2) is 6.83. The summed E-state index contributed by atoms with van der Waals surface area (Å²) in [6, 6.07) is 0. The van der Waals surface area contributed by atoms with Crippen molar-refractivity contribution in [1.82, 2.24) is 15.5 Å². The number of halogens is 1. The van der Waals surface area contributed by atoms with Crippen LogP contribution in [0.1, 0.15) is 19.8 Å². The normalized spacial score (nSPS) is 20.2. The van der Waals surface area contributed by atoms with Crippen molar-refractivity contribution >= 4 is 29.3 Å². The van der Waals surface area contributed by atoms with Crippen molar-refractivity contribution in [2.24, 2.45) is 5.92 Å². The van der Waals surface area contributed by atoms with Crippen LogP contribution in [0.15, 0.2) is 22.6 Å². The van der Waals surface area contributed by atoms with E-state index < -0.39 is 6.09 Å². The van der Waals surface area contributed by atoms with E-state index in [0.29, 0.717) is 17.3 Å². The van der Waals surface area contributed by atoms with Crippen LogP contribution in [0.4, 0.5) is 4.79 Å². The van der Waals surface area contributed by atoms with E-state index in [9.17, 15) is 9.59 Å². The number of rotatable bonds is 4. The van der Waals surface area contributed by atoms with Crippen molar-refractivity contribution in [3.63, 3.8) is 0 Å². The van der Waals surface area contributed by atoms with E-state index in [2.05, 4.69) is 10.6 Å². The van der Waals surface area contributed by atoms with Crippen LogP contribution < -0.4 is 10.6 Å². The van der Waals surface area contributed by atoms with Gasteiger partial charge in [-0.15, -0.1) is 0 Å². The second-order valence-electron chi connectivity index (χ2n) is 5.20. The van der Waals surface area contributed by atoms with Crippen LogP contribution in [-0.2, 0) is 9.53 Å². The lowest BCUT2D eigenvalue weighted by Gasteiger charge is -2.27. The molecule has 1 aliphatic carbocycles. The van der Waals surface area contributed by atoms with Gasteiger partial charge in [0, 0.05) is 25.1 Å². The van der Waals surface area contributed by atoms with Gasteiger partial charge in [-0.3, -0.25) is 10.1 Å². The molecule has 22 heavy (non-hydrogen) atoms. The number of nitrogens with one attached hydrogen (secondary N) is 3. The van der Waals surface area contributed by atoms with Crippen LogP contribution in [0.3, 0.4) is 0 Å². The van der Waals surface area contributed by atoms with Crippen molar-refractivity contribution in [3.05, 3.63) is 22.6 Å². The van der Waals surface area contributed by atoms with Crippen LogP contribution in [0, 0.1) is 11.3 Å². The molecule has 2 rings (SSSR count). The number of carbonyl (C=O) groups excluding carboxylic acids is 2. The molecule has 0 radical (unpaired) electrons. The minimum absolute atomic E-state index is 0.0192. The maximum absolute atomic E-state index is 12.0. The summed E-state index contributed by atoms with van der Waals surface area (Å²) < 4.78 is 4.84. The molecule has 120 valence electrons. The number of carbonyl (C=O) groups is 2. The van der Waals surface area contributed by atoms with Crippen molar-refractivity contribution in [1.29, 1.82) is 5.41 Å². The van der Waals surface area contributed by atoms with E-state index in [1.165, 1.54) is 6.08 Å². The summed E-state index contributed by atoms with van der Waals surface area (Å²) in [5.74, 6) is 0.0113. The molecule has 2 amide bonds. The fourth-order valence-corrected chi connectivity index (χ4v) is 2.12. The first-order valence-electron chi connectivity index (χ1n) is 7.07. The van der Waals surface area contributed by atoms with Gasteiger partial charge < -0.3 is 20.4 Å². The first-order valence-corrected chi connectivity index (χ1v) is 7.45. The zero-order valence-corrected chi connectivity index (χ0v) is 13.3. The van der Waals surface area contributed by atoms with Crippen LogP contribution in [0.2, 0.25) is 0 Å². The number of hydrogen-bond acceptors (Lipinski definition) is 5. The lowest BCUT2D eigenvalue weighted by Crippen LogP contribution is -2.40. The lowest BCUT2D eigenvalue weighted by molar-refractivity contribution is -0.121. The number of hydrogen-bond donors (Lipinski definition) is 3. The summed E-state index contributed by atoms with van der Waals surface area (Å²) in [6.45, 7) is 2.21. The number of likely N-dealkylation sites (N-methyl/N-ethyl adjacent to an activating group) is 1. The van der Waals surface area contributed by atoms with Gasteiger partial charge in [0.05, 0.1) is 12.3 Å². The van der Waals surface area contributed by atoms with Gasteiger partial charge in [0.25, 0.3) is 0 Å². The fourth-order valence-electron chi connectivity index (χ4n) is 1.95. The molecule has 7 nitrogen and oxygen atoms in total. The van der Waals surface area contributed by atoms with Crippen LogP contribution in [0.25, 0.3) is 0 Å². The average Bonchev–Trinajstić information content (AvgIpc) is 3.27. The Balaban J connectivity index is 2.24. The molecule has 1 heterocycles. The summed E-state index contributed by atoms with van der Waals surface area (Å²) in [4.78, 5) is 25.4. The van der Waals surface area contributed by atoms with E-state index in [1.54, 1.807) is 18.9 Å². The molecule has 1 saturated carbocycles. The summed E-state index contributed by atoms with van der Waals surface area (Å²) in [6.07, 6.45) is 2.49. The van der Waals surface area contributed by atoms with Gasteiger partial charge in [-0.25, -0.2) is 4.79 Å². The summed E-state index contributed by atoms with van der Waals surface area (Å²) in [5.41, 5.74) is 0.625. The van der Waals surface area contributed by atoms with Gasteiger partial charge >= 0.3 is 6.09 Å². The number of amides is 2. The molecule has 0 saturated heterocycles. The Morgan fingerprint density at radius 3 is 2.73 bits per heavy atom. The summed E-state index contributed by atoms with van der Waals surface area (Å²) in [5, 5.41) is 13.7. The molecule has 0 atom stereocenters. The predicted molar refractivity (Wildman–Crippen MR) is 82.3 cm³/mol. The monoisotopic (exact) mass is 326 g/mol. The van der Waals surface area contributed by atoms with Crippen molar-refractivity contribution in [2.45, 2.75) is 19.8 Å². The summed E-state index contributed by atoms with van der Waals surface area (Å²) in [7, 11) is 1.76. The highest BCUT2D eigenvalue weighted by molar-refractivity contribution is 6.32. The van der Waals surface area contributed by atoms with Crippen LogP contribution >= 0.6 is 11.6 Å². The third-order valence-corrected chi connectivity index (χ3v) is 3.75. The van der Waals surface area contributed by atoms with Gasteiger partial charge in [-0.05, 0) is 25.8 Å². The minimum atomic E-state index is -0.669. The summed E-state index contributed by atoms with van der Waals surface area (Å²) >= 11 is 5.98. The highest BCUT2D eigenvalue weighted by atomic mass is 35.5. The van der Waals surface area contributed by atoms with Crippen molar-refractivity contribution < 1.29 is 14.3 Å². The molecule has 0 spiro atoms. The first kappa shape index (κ1) is 16.4. The molecule has 0 bridgehead atoms. The Kier molecular flexibility index (Phi) is 5.07. The van der Waals surface area contributed by atoms with Gasteiger partial charge in [-0.2, -0.15) is 0 Å².